The zero-order chi connectivity index (χ0) is 19.2. The van der Waals surface area contributed by atoms with E-state index in [1.54, 1.807) is 0 Å². The first-order valence-corrected chi connectivity index (χ1v) is 9.30. The maximum Gasteiger partial charge on any atom is 0.312 e. The lowest BCUT2D eigenvalue weighted by atomic mass is 10.0. The molecule has 0 bridgehead atoms. The molecule has 0 spiro atoms. The minimum atomic E-state index is -0.639. The van der Waals surface area contributed by atoms with Gasteiger partial charge in [0.05, 0.1) is 23.2 Å². The molecule has 3 amide bonds. The Kier molecular flexibility index (Phi) is 6.19. The number of benzene rings is 2. The molecule has 1 saturated heterocycles. The Morgan fingerprint density at radius 3 is 2.26 bits per heavy atom. The van der Waals surface area contributed by atoms with Gasteiger partial charge in [-0.15, -0.1) is 0 Å². The molecule has 0 aromatic heterocycles. The fourth-order valence-electron chi connectivity index (χ4n) is 3.32. The Morgan fingerprint density at radius 1 is 1.00 bits per heavy atom. The third-order valence-corrected chi connectivity index (χ3v) is 5.04. The molecule has 7 heteroatoms. The van der Waals surface area contributed by atoms with Crippen molar-refractivity contribution in [2.45, 2.75) is 12.5 Å². The number of urea groups is 1. The number of carbonyl (C=O) groups is 2. The number of nitrogens with one attached hydrogen (secondary N) is 1. The normalized spacial score (nSPS) is 15.3. The van der Waals surface area contributed by atoms with E-state index in [0.717, 1.165) is 11.3 Å². The number of hydrogen-bond acceptors (Lipinski definition) is 3. The monoisotopic (exact) mass is 386 g/mol. The summed E-state index contributed by atoms with van der Waals surface area (Å²) in [5, 5.41) is 3.39. The van der Waals surface area contributed by atoms with E-state index in [1.807, 2.05) is 59.5 Å². The van der Waals surface area contributed by atoms with Crippen molar-refractivity contribution in [3.05, 3.63) is 65.2 Å². The molecule has 1 unspecified atom stereocenters. The molecule has 27 heavy (non-hydrogen) atoms. The van der Waals surface area contributed by atoms with Crippen molar-refractivity contribution in [1.82, 2.24) is 10.2 Å². The zero-order valence-electron chi connectivity index (χ0n) is 15.0. The number of piperazine rings is 1. The Balaban J connectivity index is 1.61. The summed E-state index contributed by atoms with van der Waals surface area (Å²) in [5.41, 5.74) is 7.14. The first-order valence-electron chi connectivity index (χ1n) is 8.93. The first kappa shape index (κ1) is 19.0. The number of anilines is 1. The smallest absolute Gasteiger partial charge is 0.312 e. The Bertz CT molecular complexity index is 792. The van der Waals surface area contributed by atoms with Gasteiger partial charge in [0.25, 0.3) is 0 Å². The van der Waals surface area contributed by atoms with Crippen molar-refractivity contribution in [2.75, 3.05) is 31.1 Å². The van der Waals surface area contributed by atoms with Crippen LogP contribution in [0.15, 0.2) is 54.6 Å². The first-order chi connectivity index (χ1) is 13.0. The van der Waals surface area contributed by atoms with Gasteiger partial charge in [0.15, 0.2) is 0 Å². The van der Waals surface area contributed by atoms with Crippen molar-refractivity contribution in [2.24, 2.45) is 5.73 Å². The molecule has 1 fully saturated rings. The molecular formula is C20H23ClN4O2. The van der Waals surface area contributed by atoms with Gasteiger partial charge in [0.2, 0.25) is 5.91 Å². The van der Waals surface area contributed by atoms with E-state index in [-0.39, 0.29) is 12.3 Å². The van der Waals surface area contributed by atoms with Crippen LogP contribution in [0.4, 0.5) is 10.5 Å². The van der Waals surface area contributed by atoms with Gasteiger partial charge in [-0.05, 0) is 17.7 Å². The highest BCUT2D eigenvalue weighted by molar-refractivity contribution is 6.33. The summed E-state index contributed by atoms with van der Waals surface area (Å²) in [6.07, 6.45) is 0.180. The summed E-state index contributed by atoms with van der Waals surface area (Å²) in [6.45, 7) is 2.66. The molecule has 3 N–H and O–H groups in total. The van der Waals surface area contributed by atoms with Crippen LogP contribution in [0.1, 0.15) is 18.0 Å². The standard InChI is InChI=1S/C20H23ClN4O2/c21-16-8-4-5-9-18(16)24-10-12-25(13-11-24)19(26)14-17(23-20(22)27)15-6-2-1-3-7-15/h1-9,17H,10-14H2,(H3,22,23,27). The number of amides is 3. The van der Waals surface area contributed by atoms with Gasteiger partial charge in [0.1, 0.15) is 0 Å². The van der Waals surface area contributed by atoms with E-state index in [9.17, 15) is 9.59 Å². The van der Waals surface area contributed by atoms with Gasteiger partial charge < -0.3 is 20.9 Å². The summed E-state index contributed by atoms with van der Waals surface area (Å²) < 4.78 is 0. The average Bonchev–Trinajstić information content (AvgIpc) is 2.68. The third-order valence-electron chi connectivity index (χ3n) is 4.72. The Hall–Kier alpha value is -2.73. The largest absolute Gasteiger partial charge is 0.367 e. The van der Waals surface area contributed by atoms with E-state index >= 15 is 0 Å². The van der Waals surface area contributed by atoms with Crippen molar-refractivity contribution >= 4 is 29.2 Å². The van der Waals surface area contributed by atoms with Gasteiger partial charge in [-0.3, -0.25) is 4.79 Å². The number of nitrogens with zero attached hydrogens (tertiary/aromatic N) is 2. The maximum atomic E-state index is 12.8. The van der Waals surface area contributed by atoms with Crippen LogP contribution in [0.3, 0.4) is 0 Å². The van der Waals surface area contributed by atoms with Crippen LogP contribution in [0.2, 0.25) is 5.02 Å². The highest BCUT2D eigenvalue weighted by atomic mass is 35.5. The lowest BCUT2D eigenvalue weighted by molar-refractivity contribution is -0.132. The van der Waals surface area contributed by atoms with E-state index in [0.29, 0.717) is 31.2 Å². The predicted octanol–water partition coefficient (Wildman–Crippen LogP) is 2.79. The number of rotatable bonds is 5. The van der Waals surface area contributed by atoms with Crippen LogP contribution >= 0.6 is 11.6 Å². The molecule has 2 aromatic carbocycles. The summed E-state index contributed by atoms with van der Waals surface area (Å²) >= 11 is 6.27. The number of para-hydroxylation sites is 1. The molecule has 0 radical (unpaired) electrons. The lowest BCUT2D eigenvalue weighted by Gasteiger charge is -2.37. The molecule has 142 valence electrons. The number of halogens is 1. The fraction of sp³-hybridized carbons (Fsp3) is 0.300. The summed E-state index contributed by atoms with van der Waals surface area (Å²) in [7, 11) is 0. The van der Waals surface area contributed by atoms with E-state index in [1.165, 1.54) is 0 Å². The summed E-state index contributed by atoms with van der Waals surface area (Å²) in [4.78, 5) is 28.1. The van der Waals surface area contributed by atoms with Crippen LogP contribution in [-0.4, -0.2) is 43.0 Å². The van der Waals surface area contributed by atoms with Crippen LogP contribution < -0.4 is 16.0 Å². The van der Waals surface area contributed by atoms with E-state index in [2.05, 4.69) is 10.2 Å². The molecule has 2 aromatic rings. The molecule has 0 saturated carbocycles. The highest BCUT2D eigenvalue weighted by Gasteiger charge is 2.25. The third kappa shape index (κ3) is 4.92. The lowest BCUT2D eigenvalue weighted by Crippen LogP contribution is -2.49. The molecule has 1 aliphatic heterocycles. The minimum Gasteiger partial charge on any atom is -0.367 e. The average molecular weight is 387 g/mol. The topological polar surface area (TPSA) is 78.7 Å². The zero-order valence-corrected chi connectivity index (χ0v) is 15.7. The highest BCUT2D eigenvalue weighted by Crippen LogP contribution is 2.26. The molecule has 1 aliphatic rings. The molecule has 1 atom stereocenters. The second-order valence-corrected chi connectivity index (χ2v) is 6.90. The summed E-state index contributed by atoms with van der Waals surface area (Å²) in [6, 6.07) is 16.0. The summed E-state index contributed by atoms with van der Waals surface area (Å²) in [5.74, 6) is -0.00332. The Labute approximate surface area is 163 Å². The number of primary amides is 1. The van der Waals surface area contributed by atoms with Crippen LogP contribution in [0, 0.1) is 0 Å². The number of nitrogens with two attached hydrogens (primary N) is 1. The molecule has 1 heterocycles. The van der Waals surface area contributed by atoms with Crippen molar-refractivity contribution in [1.29, 1.82) is 0 Å². The quantitative estimate of drug-likeness (QED) is 0.829. The second kappa shape index (κ2) is 8.77. The fourth-order valence-corrected chi connectivity index (χ4v) is 3.57. The van der Waals surface area contributed by atoms with Crippen LogP contribution in [-0.2, 0) is 4.79 Å². The van der Waals surface area contributed by atoms with Gasteiger partial charge in [-0.1, -0.05) is 54.1 Å². The van der Waals surface area contributed by atoms with Gasteiger partial charge in [-0.25, -0.2) is 4.79 Å². The number of carbonyl (C=O) groups excluding carboxylic acids is 2. The molecule has 6 nitrogen and oxygen atoms in total. The Morgan fingerprint density at radius 2 is 1.63 bits per heavy atom. The SMILES string of the molecule is NC(=O)NC(CC(=O)N1CCN(c2ccccc2Cl)CC1)c1ccccc1. The van der Waals surface area contributed by atoms with Gasteiger partial charge in [-0.2, -0.15) is 0 Å². The van der Waals surface area contributed by atoms with Gasteiger partial charge in [0, 0.05) is 26.2 Å². The van der Waals surface area contributed by atoms with Crippen molar-refractivity contribution < 1.29 is 9.59 Å². The van der Waals surface area contributed by atoms with E-state index < -0.39 is 12.1 Å². The molecule has 0 aliphatic carbocycles. The molecular weight excluding hydrogens is 364 g/mol. The van der Waals surface area contributed by atoms with Gasteiger partial charge >= 0.3 is 6.03 Å². The second-order valence-electron chi connectivity index (χ2n) is 6.50. The van der Waals surface area contributed by atoms with Crippen LogP contribution in [0.25, 0.3) is 0 Å². The number of hydrogen-bond donors (Lipinski definition) is 2. The van der Waals surface area contributed by atoms with Crippen molar-refractivity contribution in [3.8, 4) is 0 Å². The molecule has 3 rings (SSSR count). The van der Waals surface area contributed by atoms with Crippen molar-refractivity contribution in [3.63, 3.8) is 0 Å². The van der Waals surface area contributed by atoms with Crippen LogP contribution in [0.5, 0.6) is 0 Å². The minimum absolute atomic E-state index is 0.00332. The maximum absolute atomic E-state index is 12.8. The predicted molar refractivity (Wildman–Crippen MR) is 107 cm³/mol. The van der Waals surface area contributed by atoms with E-state index in [4.69, 9.17) is 17.3 Å².